The number of rotatable bonds is 2. The third-order valence-electron chi connectivity index (χ3n) is 1.76. The van der Waals surface area contributed by atoms with E-state index in [9.17, 15) is 0 Å². The minimum atomic E-state index is 0.390. The van der Waals surface area contributed by atoms with Crippen molar-refractivity contribution in [2.75, 3.05) is 0 Å². The van der Waals surface area contributed by atoms with Crippen molar-refractivity contribution in [2.45, 2.75) is 33.1 Å². The zero-order valence-corrected chi connectivity index (χ0v) is 8.39. The molecule has 2 nitrogen and oxygen atoms in total. The van der Waals surface area contributed by atoms with Gasteiger partial charge < -0.3 is 0 Å². The molecule has 1 aromatic heterocycles. The van der Waals surface area contributed by atoms with Gasteiger partial charge in [-0.1, -0.05) is 32.4 Å². The Morgan fingerprint density at radius 2 is 2.08 bits per heavy atom. The molecule has 0 aromatic carbocycles. The second-order valence-corrected chi connectivity index (χ2v) is 3.48. The topological polar surface area (TPSA) is 25.8 Å². The molecule has 3 heteroatoms. The first kappa shape index (κ1) is 9.46. The number of nitrogens with zero attached hydrogens (tertiary/aromatic N) is 2. The molecule has 1 aromatic rings. The smallest absolute Gasteiger partial charge is 0.0814 e. The highest BCUT2D eigenvalue weighted by Gasteiger charge is 2.05. The van der Waals surface area contributed by atoms with Gasteiger partial charge in [-0.2, -0.15) is 10.2 Å². The minimum absolute atomic E-state index is 0.390. The molecule has 0 aliphatic heterocycles. The molecule has 0 unspecified atom stereocenters. The van der Waals surface area contributed by atoms with Gasteiger partial charge in [0.1, 0.15) is 0 Å². The summed E-state index contributed by atoms with van der Waals surface area (Å²) in [6.45, 7) is 6.17. The van der Waals surface area contributed by atoms with Crippen LogP contribution in [0.4, 0.5) is 0 Å². The Kier molecular flexibility index (Phi) is 3.04. The third-order valence-corrected chi connectivity index (χ3v) is 2.09. The molecule has 0 atom stereocenters. The van der Waals surface area contributed by atoms with Crippen LogP contribution in [-0.4, -0.2) is 10.2 Å². The maximum Gasteiger partial charge on any atom is 0.0814 e. The first-order valence-corrected chi connectivity index (χ1v) is 4.55. The van der Waals surface area contributed by atoms with Crippen molar-refractivity contribution in [3.63, 3.8) is 0 Å². The molecule has 0 bridgehead atoms. The summed E-state index contributed by atoms with van der Waals surface area (Å²) in [5.74, 6) is 0.390. The second kappa shape index (κ2) is 3.85. The van der Waals surface area contributed by atoms with Gasteiger partial charge >= 0.3 is 0 Å². The van der Waals surface area contributed by atoms with Crippen LogP contribution in [0.3, 0.4) is 0 Å². The maximum atomic E-state index is 5.97. The van der Waals surface area contributed by atoms with Crippen molar-refractivity contribution in [3.05, 3.63) is 22.5 Å². The predicted octanol–water partition coefficient (Wildman–Crippen LogP) is 2.82. The summed E-state index contributed by atoms with van der Waals surface area (Å²) < 4.78 is 0. The normalized spacial score (nSPS) is 10.8. The van der Waals surface area contributed by atoms with Crippen molar-refractivity contribution in [3.8, 4) is 0 Å². The van der Waals surface area contributed by atoms with Crippen molar-refractivity contribution < 1.29 is 0 Å². The number of hydrogen-bond donors (Lipinski definition) is 0. The molecule has 0 radical (unpaired) electrons. The van der Waals surface area contributed by atoms with E-state index in [-0.39, 0.29) is 0 Å². The van der Waals surface area contributed by atoms with E-state index < -0.39 is 0 Å². The molecular weight excluding hydrogens is 172 g/mol. The summed E-state index contributed by atoms with van der Waals surface area (Å²) in [7, 11) is 0. The highest BCUT2D eigenvalue weighted by Crippen LogP contribution is 2.18. The second-order valence-electron chi connectivity index (χ2n) is 3.07. The van der Waals surface area contributed by atoms with E-state index in [2.05, 4.69) is 24.0 Å². The van der Waals surface area contributed by atoms with Crippen LogP contribution < -0.4 is 0 Å². The molecule has 0 saturated heterocycles. The Morgan fingerprint density at radius 1 is 1.42 bits per heavy atom. The lowest BCUT2D eigenvalue weighted by Gasteiger charge is -2.05. The van der Waals surface area contributed by atoms with E-state index in [1.165, 1.54) is 0 Å². The average Bonchev–Trinajstić information content (AvgIpc) is 2.04. The summed E-state index contributed by atoms with van der Waals surface area (Å²) in [5, 5.41) is 8.84. The van der Waals surface area contributed by atoms with E-state index in [4.69, 9.17) is 11.6 Å². The molecule has 1 rings (SSSR count). The number of aryl methyl sites for hydroxylation is 1. The van der Waals surface area contributed by atoms with Crippen LogP contribution in [0.5, 0.6) is 0 Å². The molecule has 0 aliphatic rings. The molecule has 12 heavy (non-hydrogen) atoms. The first-order chi connectivity index (χ1) is 5.65. The van der Waals surface area contributed by atoms with Gasteiger partial charge in [0.25, 0.3) is 0 Å². The number of halogens is 1. The van der Waals surface area contributed by atoms with Gasteiger partial charge in [0, 0.05) is 0 Å². The van der Waals surface area contributed by atoms with Gasteiger partial charge in [0.05, 0.1) is 16.4 Å². The standard InChI is InChI=1S/C9H13ClN2/c1-4-8-7(10)5-9(6(2)3)12-11-8/h5-6H,4H2,1-3H3. The van der Waals surface area contributed by atoms with Crippen LogP contribution in [0.15, 0.2) is 6.07 Å². The molecule has 0 aliphatic carbocycles. The summed E-state index contributed by atoms with van der Waals surface area (Å²) >= 11 is 5.97. The molecule has 0 N–H and O–H groups in total. The fourth-order valence-electron chi connectivity index (χ4n) is 0.930. The maximum absolute atomic E-state index is 5.97. The summed E-state index contributed by atoms with van der Waals surface area (Å²) in [6.07, 6.45) is 0.838. The molecule has 66 valence electrons. The quantitative estimate of drug-likeness (QED) is 0.707. The van der Waals surface area contributed by atoms with Crippen LogP contribution >= 0.6 is 11.6 Å². The molecule has 0 fully saturated rings. The molecule has 0 spiro atoms. The monoisotopic (exact) mass is 184 g/mol. The van der Waals surface area contributed by atoms with Gasteiger partial charge in [0.15, 0.2) is 0 Å². The minimum Gasteiger partial charge on any atom is -0.155 e. The average molecular weight is 185 g/mol. The Bertz CT molecular complexity index is 271. The number of aromatic nitrogens is 2. The Balaban J connectivity index is 3.02. The summed E-state index contributed by atoms with van der Waals surface area (Å²) in [6, 6.07) is 1.90. The molecule has 1 heterocycles. The lowest BCUT2D eigenvalue weighted by Crippen LogP contribution is -1.99. The van der Waals surface area contributed by atoms with Crippen molar-refractivity contribution in [2.24, 2.45) is 0 Å². The van der Waals surface area contributed by atoms with Crippen molar-refractivity contribution >= 4 is 11.6 Å². The fourth-order valence-corrected chi connectivity index (χ4v) is 1.21. The van der Waals surface area contributed by atoms with Crippen molar-refractivity contribution in [1.82, 2.24) is 10.2 Å². The third kappa shape index (κ3) is 1.95. The Hall–Kier alpha value is -0.630. The SMILES string of the molecule is CCc1nnc(C(C)C)cc1Cl. The van der Waals surface area contributed by atoms with E-state index >= 15 is 0 Å². The lowest BCUT2D eigenvalue weighted by molar-refractivity contribution is 0.768. The Morgan fingerprint density at radius 3 is 2.50 bits per heavy atom. The zero-order chi connectivity index (χ0) is 9.14. The zero-order valence-electron chi connectivity index (χ0n) is 7.63. The number of hydrogen-bond acceptors (Lipinski definition) is 2. The van der Waals surface area contributed by atoms with Crippen molar-refractivity contribution in [1.29, 1.82) is 0 Å². The highest BCUT2D eigenvalue weighted by molar-refractivity contribution is 6.31. The Labute approximate surface area is 78.0 Å². The summed E-state index contributed by atoms with van der Waals surface area (Å²) in [5.41, 5.74) is 1.83. The first-order valence-electron chi connectivity index (χ1n) is 4.17. The predicted molar refractivity (Wildman–Crippen MR) is 50.5 cm³/mol. The summed E-state index contributed by atoms with van der Waals surface area (Å²) in [4.78, 5) is 0. The van der Waals surface area contributed by atoms with Crippen LogP contribution in [0.25, 0.3) is 0 Å². The molecular formula is C9H13ClN2. The van der Waals surface area contributed by atoms with E-state index in [1.54, 1.807) is 0 Å². The molecule has 0 saturated carbocycles. The largest absolute Gasteiger partial charge is 0.155 e. The fraction of sp³-hybridized carbons (Fsp3) is 0.556. The van der Waals surface area contributed by atoms with Gasteiger partial charge in [-0.15, -0.1) is 0 Å². The van der Waals surface area contributed by atoms with E-state index in [0.29, 0.717) is 5.92 Å². The highest BCUT2D eigenvalue weighted by atomic mass is 35.5. The van der Waals surface area contributed by atoms with Crippen LogP contribution in [0.1, 0.15) is 38.1 Å². The van der Waals surface area contributed by atoms with Crippen LogP contribution in [0, 0.1) is 0 Å². The molecule has 0 amide bonds. The van der Waals surface area contributed by atoms with E-state index in [1.807, 2.05) is 13.0 Å². The van der Waals surface area contributed by atoms with Gasteiger partial charge in [0.2, 0.25) is 0 Å². The van der Waals surface area contributed by atoms with Gasteiger partial charge in [-0.25, -0.2) is 0 Å². The lowest BCUT2D eigenvalue weighted by atomic mass is 10.1. The van der Waals surface area contributed by atoms with E-state index in [0.717, 1.165) is 22.8 Å². The van der Waals surface area contributed by atoms with Crippen LogP contribution in [0.2, 0.25) is 5.02 Å². The van der Waals surface area contributed by atoms with Gasteiger partial charge in [-0.3, -0.25) is 0 Å². The van der Waals surface area contributed by atoms with Crippen LogP contribution in [-0.2, 0) is 6.42 Å². The van der Waals surface area contributed by atoms with Gasteiger partial charge in [-0.05, 0) is 18.4 Å².